The molecule has 0 aliphatic heterocycles. The minimum Gasteiger partial charge on any atom is -0.512 e. The number of benzene rings is 1. The van der Waals surface area contributed by atoms with E-state index in [4.69, 9.17) is 0 Å². The summed E-state index contributed by atoms with van der Waals surface area (Å²) < 4.78 is 37.7. The first-order chi connectivity index (χ1) is 11.8. The topological polar surface area (TPSA) is 73.1 Å². The highest BCUT2D eigenvalue weighted by molar-refractivity contribution is 7.17. The highest BCUT2D eigenvalue weighted by atomic mass is 32.1. The van der Waals surface area contributed by atoms with Gasteiger partial charge in [-0.05, 0) is 42.3 Å². The van der Waals surface area contributed by atoms with Crippen molar-refractivity contribution in [3.05, 3.63) is 57.2 Å². The van der Waals surface area contributed by atoms with Gasteiger partial charge in [-0.1, -0.05) is 0 Å². The van der Waals surface area contributed by atoms with E-state index in [0.717, 1.165) is 41.2 Å². The molecular formula is C17H11F3N2O2S. The van der Waals surface area contributed by atoms with Crippen LogP contribution in [-0.4, -0.2) is 11.0 Å². The third kappa shape index (κ3) is 3.37. The molecule has 0 spiro atoms. The summed E-state index contributed by atoms with van der Waals surface area (Å²) in [4.78, 5) is 13.0. The predicted octanol–water partition coefficient (Wildman–Crippen LogP) is 4.74. The van der Waals surface area contributed by atoms with Gasteiger partial charge in [0.15, 0.2) is 0 Å². The molecule has 0 bridgehead atoms. The number of halogens is 3. The minimum absolute atomic E-state index is 0.0571. The highest BCUT2D eigenvalue weighted by Gasteiger charge is 2.30. The number of nitriles is 1. The van der Waals surface area contributed by atoms with Crippen molar-refractivity contribution in [1.82, 2.24) is 0 Å². The van der Waals surface area contributed by atoms with Crippen LogP contribution in [0.2, 0.25) is 0 Å². The van der Waals surface area contributed by atoms with Crippen LogP contribution in [0.3, 0.4) is 0 Å². The van der Waals surface area contributed by atoms with E-state index < -0.39 is 17.6 Å². The number of amides is 1. The van der Waals surface area contributed by atoms with Crippen LogP contribution >= 0.6 is 11.3 Å². The molecule has 1 aromatic carbocycles. The Kier molecular flexibility index (Phi) is 4.27. The summed E-state index contributed by atoms with van der Waals surface area (Å²) >= 11 is 1.15. The quantitative estimate of drug-likeness (QED) is 0.809. The van der Waals surface area contributed by atoms with Crippen molar-refractivity contribution >= 4 is 28.3 Å². The van der Waals surface area contributed by atoms with Crippen molar-refractivity contribution in [3.8, 4) is 6.07 Å². The van der Waals surface area contributed by atoms with Crippen LogP contribution in [0, 0.1) is 11.3 Å². The molecule has 1 aromatic heterocycles. The van der Waals surface area contributed by atoms with E-state index >= 15 is 0 Å². The number of aliphatic hydroxyl groups is 1. The fourth-order valence-corrected chi connectivity index (χ4v) is 3.67. The van der Waals surface area contributed by atoms with Crippen LogP contribution < -0.4 is 5.32 Å². The second-order valence-electron chi connectivity index (χ2n) is 5.43. The number of hydrogen-bond donors (Lipinski definition) is 2. The molecule has 0 atom stereocenters. The van der Waals surface area contributed by atoms with E-state index in [0.29, 0.717) is 28.3 Å². The number of rotatable bonds is 2. The number of alkyl halides is 3. The first-order valence-corrected chi connectivity index (χ1v) is 8.05. The molecule has 0 saturated heterocycles. The van der Waals surface area contributed by atoms with Crippen LogP contribution in [0.1, 0.15) is 38.3 Å². The Hall–Kier alpha value is -2.79. The lowest BCUT2D eigenvalue weighted by Crippen LogP contribution is -2.13. The number of hydrogen-bond acceptors (Lipinski definition) is 4. The molecule has 1 aliphatic rings. The van der Waals surface area contributed by atoms with Crippen molar-refractivity contribution in [3.63, 3.8) is 0 Å². The fourth-order valence-electron chi connectivity index (χ4n) is 2.52. The summed E-state index contributed by atoms with van der Waals surface area (Å²) in [6, 6.07) is 5.88. The normalized spacial score (nSPS) is 13.6. The number of anilines is 1. The SMILES string of the molecule is N#Cc1c(NC(=O)c2ccc(C(F)(F)F)cc2)sc2c1CCC(O)=C2. The van der Waals surface area contributed by atoms with Gasteiger partial charge in [-0.25, -0.2) is 0 Å². The number of nitrogens with one attached hydrogen (secondary N) is 1. The molecule has 25 heavy (non-hydrogen) atoms. The molecule has 1 amide bonds. The Balaban J connectivity index is 1.86. The van der Waals surface area contributed by atoms with Crippen LogP contribution in [-0.2, 0) is 12.6 Å². The number of aliphatic hydroxyl groups excluding tert-OH is 1. The average molecular weight is 364 g/mol. The van der Waals surface area contributed by atoms with E-state index in [9.17, 15) is 28.3 Å². The monoisotopic (exact) mass is 364 g/mol. The number of allylic oxidation sites excluding steroid dienone is 1. The highest BCUT2D eigenvalue weighted by Crippen LogP contribution is 2.38. The van der Waals surface area contributed by atoms with Gasteiger partial charge in [0.25, 0.3) is 5.91 Å². The molecule has 8 heteroatoms. The molecule has 0 fully saturated rings. The molecule has 4 nitrogen and oxygen atoms in total. The Morgan fingerprint density at radius 1 is 1.24 bits per heavy atom. The van der Waals surface area contributed by atoms with E-state index in [2.05, 4.69) is 5.32 Å². The molecular weight excluding hydrogens is 353 g/mol. The molecule has 0 unspecified atom stereocenters. The van der Waals surface area contributed by atoms with Crippen LogP contribution in [0.5, 0.6) is 0 Å². The van der Waals surface area contributed by atoms with Crippen molar-refractivity contribution in [2.75, 3.05) is 5.32 Å². The zero-order valence-corrected chi connectivity index (χ0v) is 13.5. The van der Waals surface area contributed by atoms with Gasteiger partial charge in [0.2, 0.25) is 0 Å². The predicted molar refractivity (Wildman–Crippen MR) is 87.4 cm³/mol. The van der Waals surface area contributed by atoms with E-state index in [1.807, 2.05) is 6.07 Å². The average Bonchev–Trinajstić information content (AvgIpc) is 2.90. The molecule has 128 valence electrons. The van der Waals surface area contributed by atoms with Crippen molar-refractivity contribution in [1.29, 1.82) is 5.26 Å². The zero-order chi connectivity index (χ0) is 18.2. The van der Waals surface area contributed by atoms with Crippen molar-refractivity contribution in [2.45, 2.75) is 19.0 Å². The van der Waals surface area contributed by atoms with Crippen LogP contribution in [0.15, 0.2) is 30.0 Å². The second kappa shape index (κ2) is 6.26. The first-order valence-electron chi connectivity index (χ1n) is 7.23. The first kappa shape index (κ1) is 17.0. The number of carbonyl (C=O) groups is 1. The summed E-state index contributed by atoms with van der Waals surface area (Å²) in [6.07, 6.45) is -2.00. The summed E-state index contributed by atoms with van der Waals surface area (Å²) in [5.41, 5.74) is 0.299. The maximum absolute atomic E-state index is 12.6. The van der Waals surface area contributed by atoms with Gasteiger partial charge in [-0.3, -0.25) is 4.79 Å². The number of carbonyl (C=O) groups excluding carboxylic acids is 1. The largest absolute Gasteiger partial charge is 0.512 e. The van der Waals surface area contributed by atoms with Crippen LogP contribution in [0.4, 0.5) is 18.2 Å². The van der Waals surface area contributed by atoms with Gasteiger partial charge in [0, 0.05) is 16.9 Å². The van der Waals surface area contributed by atoms with Crippen molar-refractivity contribution < 1.29 is 23.1 Å². The molecule has 0 saturated carbocycles. The van der Waals surface area contributed by atoms with Gasteiger partial charge in [-0.2, -0.15) is 18.4 Å². The number of fused-ring (bicyclic) bond motifs is 1. The maximum Gasteiger partial charge on any atom is 0.416 e. The van der Waals surface area contributed by atoms with Gasteiger partial charge < -0.3 is 10.4 Å². The standard InChI is InChI=1S/C17H11F3N2O2S/c18-17(19,20)10-3-1-9(2-4-10)15(24)22-16-13(8-21)12-6-5-11(23)7-14(12)25-16/h1-4,7,23H,5-6H2,(H,22,24). The Morgan fingerprint density at radius 2 is 1.92 bits per heavy atom. The maximum atomic E-state index is 12.6. The Bertz CT molecular complexity index is 906. The van der Waals surface area contributed by atoms with E-state index in [1.165, 1.54) is 0 Å². The van der Waals surface area contributed by atoms with Gasteiger partial charge >= 0.3 is 6.18 Å². The molecule has 1 heterocycles. The third-order valence-electron chi connectivity index (χ3n) is 3.78. The molecule has 3 rings (SSSR count). The third-order valence-corrected chi connectivity index (χ3v) is 4.87. The van der Waals surface area contributed by atoms with Gasteiger partial charge in [0.1, 0.15) is 11.1 Å². The number of nitrogens with zero attached hydrogens (tertiary/aromatic N) is 1. The summed E-state index contributed by atoms with van der Waals surface area (Å²) in [5.74, 6) is -0.393. The minimum atomic E-state index is -4.47. The summed E-state index contributed by atoms with van der Waals surface area (Å²) in [6.45, 7) is 0. The lowest BCUT2D eigenvalue weighted by atomic mass is 10.00. The molecule has 0 radical (unpaired) electrons. The number of thiophene rings is 1. The fraction of sp³-hybridized carbons (Fsp3) is 0.176. The van der Waals surface area contributed by atoms with Crippen LogP contribution in [0.25, 0.3) is 6.08 Å². The lowest BCUT2D eigenvalue weighted by Gasteiger charge is -2.08. The molecule has 1 aliphatic carbocycles. The second-order valence-corrected chi connectivity index (χ2v) is 6.48. The van der Waals surface area contributed by atoms with Gasteiger partial charge in [-0.15, -0.1) is 11.3 Å². The van der Waals surface area contributed by atoms with E-state index in [-0.39, 0.29) is 11.3 Å². The van der Waals surface area contributed by atoms with E-state index in [1.54, 1.807) is 6.08 Å². The zero-order valence-electron chi connectivity index (χ0n) is 12.6. The lowest BCUT2D eigenvalue weighted by molar-refractivity contribution is -0.137. The summed E-state index contributed by atoms with van der Waals surface area (Å²) in [5, 5.41) is 21.8. The summed E-state index contributed by atoms with van der Waals surface area (Å²) in [7, 11) is 0. The molecule has 2 aromatic rings. The smallest absolute Gasteiger partial charge is 0.416 e. The molecule has 2 N–H and O–H groups in total. The Morgan fingerprint density at radius 3 is 2.52 bits per heavy atom. The van der Waals surface area contributed by atoms with Gasteiger partial charge in [0.05, 0.1) is 16.9 Å². The Labute approximate surface area is 144 Å². The van der Waals surface area contributed by atoms with Crippen molar-refractivity contribution in [2.24, 2.45) is 0 Å².